The Balaban J connectivity index is 2.20. The van der Waals surface area contributed by atoms with Crippen LogP contribution < -0.4 is 5.32 Å². The van der Waals surface area contributed by atoms with Crippen molar-refractivity contribution in [3.05, 3.63) is 23.5 Å². The van der Waals surface area contributed by atoms with Gasteiger partial charge in [0.25, 0.3) is 0 Å². The zero-order valence-corrected chi connectivity index (χ0v) is 6.24. The number of nitrogens with one attached hydrogen (secondary N) is 1. The highest BCUT2D eigenvalue weighted by molar-refractivity contribution is 5.30. The fraction of sp³-hybridized carbons (Fsp3) is 0.556. The van der Waals surface area contributed by atoms with Crippen LogP contribution in [0.2, 0.25) is 0 Å². The van der Waals surface area contributed by atoms with E-state index in [-0.39, 0.29) is 0 Å². The normalized spacial score (nSPS) is 24.6. The van der Waals surface area contributed by atoms with E-state index in [1.165, 1.54) is 37.1 Å². The molecule has 54 valence electrons. The molecule has 0 aromatic heterocycles. The molecule has 0 saturated carbocycles. The van der Waals surface area contributed by atoms with Crippen molar-refractivity contribution in [2.75, 3.05) is 0 Å². The van der Waals surface area contributed by atoms with Gasteiger partial charge in [-0.15, -0.1) is 0 Å². The smallest absolute Gasteiger partial charge is 0.0144 e. The maximum Gasteiger partial charge on any atom is 0.0144 e. The molecule has 0 atom stereocenters. The van der Waals surface area contributed by atoms with Crippen LogP contribution >= 0.6 is 0 Å². The first-order valence-electron chi connectivity index (χ1n) is 4.02. The van der Waals surface area contributed by atoms with E-state index in [0.29, 0.717) is 0 Å². The van der Waals surface area contributed by atoms with Crippen molar-refractivity contribution in [2.45, 2.75) is 32.1 Å². The van der Waals surface area contributed by atoms with E-state index in [0.717, 1.165) is 6.42 Å². The Bertz CT molecular complexity index is 181. The molecule has 2 aliphatic rings. The van der Waals surface area contributed by atoms with E-state index in [1.807, 2.05) is 0 Å². The fourth-order valence-electron chi connectivity index (χ4n) is 1.83. The third-order valence-electron chi connectivity index (χ3n) is 2.34. The Hall–Kier alpha value is -0.720. The molecule has 0 fully saturated rings. The maximum absolute atomic E-state index is 3.93. The van der Waals surface area contributed by atoms with Crippen LogP contribution in [0.25, 0.3) is 0 Å². The molecule has 10 heavy (non-hydrogen) atoms. The number of hydrogen-bond donors (Lipinski definition) is 1. The van der Waals surface area contributed by atoms with Gasteiger partial charge in [-0.1, -0.05) is 6.58 Å². The van der Waals surface area contributed by atoms with Crippen molar-refractivity contribution in [1.29, 1.82) is 0 Å². The van der Waals surface area contributed by atoms with Crippen molar-refractivity contribution in [2.24, 2.45) is 0 Å². The zero-order chi connectivity index (χ0) is 6.97. The molecular weight excluding hydrogens is 122 g/mol. The number of allylic oxidation sites excluding steroid dienone is 2. The molecule has 0 aromatic rings. The first kappa shape index (κ1) is 6.02. The van der Waals surface area contributed by atoms with E-state index in [1.54, 1.807) is 5.57 Å². The lowest BCUT2D eigenvalue weighted by atomic mass is 9.97. The average Bonchev–Trinajstić information content (AvgIpc) is 2.27. The second-order valence-electron chi connectivity index (χ2n) is 3.19. The highest BCUT2D eigenvalue weighted by Gasteiger charge is 2.18. The van der Waals surface area contributed by atoms with Crippen LogP contribution in [0.1, 0.15) is 32.1 Å². The summed E-state index contributed by atoms with van der Waals surface area (Å²) in [4.78, 5) is 0. The molecule has 1 heterocycles. The van der Waals surface area contributed by atoms with Gasteiger partial charge in [0, 0.05) is 17.8 Å². The lowest BCUT2D eigenvalue weighted by Gasteiger charge is -2.12. The van der Waals surface area contributed by atoms with Gasteiger partial charge in [-0.2, -0.15) is 0 Å². The second-order valence-corrected chi connectivity index (χ2v) is 3.19. The Labute approximate surface area is 61.8 Å². The average molecular weight is 135 g/mol. The van der Waals surface area contributed by atoms with Crippen LogP contribution in [0, 0.1) is 0 Å². The highest BCUT2D eigenvalue weighted by atomic mass is 14.9. The summed E-state index contributed by atoms with van der Waals surface area (Å²) in [7, 11) is 0. The van der Waals surface area contributed by atoms with Crippen LogP contribution in [0.15, 0.2) is 23.5 Å². The first-order chi connectivity index (χ1) is 4.86. The van der Waals surface area contributed by atoms with Crippen molar-refractivity contribution in [1.82, 2.24) is 5.32 Å². The topological polar surface area (TPSA) is 12.0 Å². The summed E-state index contributed by atoms with van der Waals surface area (Å²) >= 11 is 0. The highest BCUT2D eigenvalue weighted by Crippen LogP contribution is 2.32. The Kier molecular flexibility index (Phi) is 1.30. The molecule has 0 unspecified atom stereocenters. The Morgan fingerprint density at radius 2 is 2.00 bits per heavy atom. The summed E-state index contributed by atoms with van der Waals surface area (Å²) in [5, 5.41) is 3.34. The quantitative estimate of drug-likeness (QED) is 0.537. The van der Waals surface area contributed by atoms with Gasteiger partial charge in [-0.25, -0.2) is 0 Å². The van der Waals surface area contributed by atoms with E-state index >= 15 is 0 Å². The monoisotopic (exact) mass is 135 g/mol. The molecule has 1 nitrogen and oxygen atoms in total. The minimum absolute atomic E-state index is 1.12. The van der Waals surface area contributed by atoms with Crippen molar-refractivity contribution >= 4 is 0 Å². The second kappa shape index (κ2) is 2.15. The van der Waals surface area contributed by atoms with Gasteiger partial charge in [0.05, 0.1) is 0 Å². The van der Waals surface area contributed by atoms with Crippen molar-refractivity contribution in [3.63, 3.8) is 0 Å². The third-order valence-corrected chi connectivity index (χ3v) is 2.34. The van der Waals surface area contributed by atoms with Gasteiger partial charge >= 0.3 is 0 Å². The van der Waals surface area contributed by atoms with Crippen LogP contribution in [-0.2, 0) is 0 Å². The summed E-state index contributed by atoms with van der Waals surface area (Å²) in [5.41, 5.74) is 4.31. The molecule has 0 radical (unpaired) electrons. The third kappa shape index (κ3) is 0.859. The maximum atomic E-state index is 3.93. The van der Waals surface area contributed by atoms with Gasteiger partial charge in [0.15, 0.2) is 0 Å². The standard InChI is InChI=1S/C9H13N/c1-7-6-8-4-2-3-5-9(8)10-7/h10H,1-6H2. The molecule has 1 aliphatic heterocycles. The van der Waals surface area contributed by atoms with Gasteiger partial charge in [-0.3, -0.25) is 0 Å². The molecule has 1 heteroatoms. The molecule has 0 aromatic carbocycles. The molecule has 0 saturated heterocycles. The van der Waals surface area contributed by atoms with Gasteiger partial charge in [0.2, 0.25) is 0 Å². The zero-order valence-electron chi connectivity index (χ0n) is 6.24. The molecule has 0 bridgehead atoms. The Morgan fingerprint density at radius 3 is 2.80 bits per heavy atom. The Morgan fingerprint density at radius 1 is 1.20 bits per heavy atom. The van der Waals surface area contributed by atoms with Gasteiger partial charge < -0.3 is 5.32 Å². The van der Waals surface area contributed by atoms with E-state index in [9.17, 15) is 0 Å². The number of rotatable bonds is 0. The molecule has 1 aliphatic carbocycles. The van der Waals surface area contributed by atoms with Crippen LogP contribution in [-0.4, -0.2) is 0 Å². The summed E-state index contributed by atoms with van der Waals surface area (Å²) in [6.07, 6.45) is 6.43. The minimum atomic E-state index is 1.12. The summed E-state index contributed by atoms with van der Waals surface area (Å²) in [5.74, 6) is 0. The SMILES string of the molecule is C=C1CC2=C(CCCC2)N1. The predicted molar refractivity (Wildman–Crippen MR) is 42.4 cm³/mol. The van der Waals surface area contributed by atoms with Crippen molar-refractivity contribution in [3.8, 4) is 0 Å². The summed E-state index contributed by atoms with van der Waals surface area (Å²) < 4.78 is 0. The lowest BCUT2D eigenvalue weighted by molar-refractivity contribution is 0.662. The minimum Gasteiger partial charge on any atom is -0.363 e. The van der Waals surface area contributed by atoms with Crippen LogP contribution in [0.5, 0.6) is 0 Å². The lowest BCUT2D eigenvalue weighted by Crippen LogP contribution is -2.06. The molecule has 0 spiro atoms. The van der Waals surface area contributed by atoms with E-state index in [4.69, 9.17) is 0 Å². The number of hydrogen-bond acceptors (Lipinski definition) is 1. The molecule has 1 N–H and O–H groups in total. The molecule has 2 rings (SSSR count). The van der Waals surface area contributed by atoms with Gasteiger partial charge in [0.1, 0.15) is 0 Å². The van der Waals surface area contributed by atoms with Crippen LogP contribution in [0.3, 0.4) is 0 Å². The summed E-state index contributed by atoms with van der Waals surface area (Å²) in [6.45, 7) is 3.93. The fourth-order valence-corrected chi connectivity index (χ4v) is 1.83. The molecule has 0 amide bonds. The molecular formula is C9H13N. The van der Waals surface area contributed by atoms with Crippen LogP contribution in [0.4, 0.5) is 0 Å². The van der Waals surface area contributed by atoms with Crippen molar-refractivity contribution < 1.29 is 0 Å². The predicted octanol–water partition coefficient (Wildman–Crippen LogP) is 2.32. The van der Waals surface area contributed by atoms with Gasteiger partial charge in [-0.05, 0) is 31.3 Å². The summed E-state index contributed by atoms with van der Waals surface area (Å²) in [6, 6.07) is 0. The first-order valence-corrected chi connectivity index (χ1v) is 4.02. The largest absolute Gasteiger partial charge is 0.363 e. The van der Waals surface area contributed by atoms with E-state index < -0.39 is 0 Å². The van der Waals surface area contributed by atoms with E-state index in [2.05, 4.69) is 11.9 Å².